The fraction of sp³-hybridized carbons (Fsp3) is 0.310. The Morgan fingerprint density at radius 2 is 1.86 bits per heavy atom. The number of hydrogen-bond donors (Lipinski definition) is 1. The second-order valence-electron chi connectivity index (χ2n) is 9.39. The van der Waals surface area contributed by atoms with Crippen LogP contribution in [0.25, 0.3) is 11.0 Å². The summed E-state index contributed by atoms with van der Waals surface area (Å²) >= 11 is 0. The Labute approximate surface area is 210 Å². The van der Waals surface area contributed by atoms with E-state index in [1.54, 1.807) is 12.0 Å². The molecule has 186 valence electrons. The van der Waals surface area contributed by atoms with Crippen LogP contribution in [0, 0.1) is 13.8 Å². The van der Waals surface area contributed by atoms with Crippen LogP contribution < -0.4 is 14.4 Å². The van der Waals surface area contributed by atoms with Gasteiger partial charge < -0.3 is 24.0 Å². The fourth-order valence-corrected chi connectivity index (χ4v) is 4.77. The molecule has 1 aliphatic heterocycles. The number of para-hydroxylation sites is 2. The summed E-state index contributed by atoms with van der Waals surface area (Å²) in [6, 6.07) is 21.3. The summed E-state index contributed by atoms with van der Waals surface area (Å²) in [6.07, 6.45) is -0.384. The number of nitrogens with zero attached hydrogens (tertiary/aromatic N) is 3. The van der Waals surface area contributed by atoms with E-state index in [0.29, 0.717) is 25.3 Å². The number of methoxy groups -OCH3 is 1. The van der Waals surface area contributed by atoms with E-state index in [1.807, 2.05) is 78.2 Å². The highest BCUT2D eigenvalue weighted by atomic mass is 16.5. The fourth-order valence-electron chi connectivity index (χ4n) is 4.77. The Hall–Kier alpha value is -3.84. The summed E-state index contributed by atoms with van der Waals surface area (Å²) < 4.78 is 13.3. The monoisotopic (exact) mass is 485 g/mol. The third-order valence-corrected chi connectivity index (χ3v) is 6.85. The minimum absolute atomic E-state index is 0.0467. The number of carbonyl (C=O) groups excluding carboxylic acids is 1. The van der Waals surface area contributed by atoms with Gasteiger partial charge in [-0.1, -0.05) is 24.3 Å². The van der Waals surface area contributed by atoms with E-state index >= 15 is 0 Å². The molecule has 1 aromatic heterocycles. The van der Waals surface area contributed by atoms with Crippen molar-refractivity contribution in [2.24, 2.45) is 0 Å². The van der Waals surface area contributed by atoms with Crippen LogP contribution in [0.1, 0.15) is 29.3 Å². The lowest BCUT2D eigenvalue weighted by Crippen LogP contribution is -2.26. The number of ether oxygens (including phenoxy) is 2. The maximum Gasteiger partial charge on any atom is 0.227 e. The number of imidazole rings is 1. The lowest BCUT2D eigenvalue weighted by Gasteiger charge is -2.19. The highest BCUT2D eigenvalue weighted by Gasteiger charge is 2.35. The van der Waals surface area contributed by atoms with Crippen molar-refractivity contribution in [3.63, 3.8) is 0 Å². The summed E-state index contributed by atoms with van der Waals surface area (Å²) in [4.78, 5) is 19.7. The molecule has 0 radical (unpaired) electrons. The zero-order valence-electron chi connectivity index (χ0n) is 20.8. The number of aliphatic hydroxyl groups excluding tert-OH is 1. The van der Waals surface area contributed by atoms with E-state index in [1.165, 1.54) is 5.56 Å². The summed E-state index contributed by atoms with van der Waals surface area (Å²) in [6.45, 7) is 5.10. The number of carbonyl (C=O) groups is 1. The molecule has 0 spiro atoms. The first-order valence-electron chi connectivity index (χ1n) is 12.2. The van der Waals surface area contributed by atoms with Gasteiger partial charge >= 0.3 is 0 Å². The van der Waals surface area contributed by atoms with Crippen LogP contribution in [0.2, 0.25) is 0 Å². The van der Waals surface area contributed by atoms with Gasteiger partial charge in [-0.05, 0) is 61.4 Å². The van der Waals surface area contributed by atoms with Crippen molar-refractivity contribution >= 4 is 22.6 Å². The average molecular weight is 486 g/mol. The van der Waals surface area contributed by atoms with E-state index in [9.17, 15) is 9.90 Å². The van der Waals surface area contributed by atoms with Gasteiger partial charge in [-0.2, -0.15) is 0 Å². The summed E-state index contributed by atoms with van der Waals surface area (Å²) in [5.74, 6) is 2.21. The summed E-state index contributed by atoms with van der Waals surface area (Å²) in [7, 11) is 1.62. The van der Waals surface area contributed by atoms with Crippen LogP contribution in [-0.4, -0.2) is 46.9 Å². The first-order valence-corrected chi connectivity index (χ1v) is 12.2. The molecule has 1 saturated heterocycles. The molecule has 1 amide bonds. The van der Waals surface area contributed by atoms with Crippen molar-refractivity contribution in [3.05, 3.63) is 83.7 Å². The van der Waals surface area contributed by atoms with Crippen molar-refractivity contribution in [2.75, 3.05) is 25.2 Å². The molecule has 0 bridgehead atoms. The molecular formula is C29H31N3O4. The molecule has 0 saturated carbocycles. The number of hydrogen-bond acceptors (Lipinski definition) is 5. The topological polar surface area (TPSA) is 76.8 Å². The summed E-state index contributed by atoms with van der Waals surface area (Å²) in [5, 5.41) is 10.9. The molecule has 0 aliphatic carbocycles. The van der Waals surface area contributed by atoms with Crippen molar-refractivity contribution in [2.45, 2.75) is 38.8 Å². The van der Waals surface area contributed by atoms with Gasteiger partial charge in [-0.25, -0.2) is 4.98 Å². The highest BCUT2D eigenvalue weighted by Crippen LogP contribution is 2.34. The predicted octanol–water partition coefficient (Wildman–Crippen LogP) is 4.62. The van der Waals surface area contributed by atoms with Gasteiger partial charge in [-0.3, -0.25) is 4.79 Å². The highest BCUT2D eigenvalue weighted by molar-refractivity contribution is 5.96. The number of amides is 1. The number of aromatic nitrogens is 2. The van der Waals surface area contributed by atoms with Crippen LogP contribution in [0.4, 0.5) is 5.69 Å². The summed E-state index contributed by atoms with van der Waals surface area (Å²) in [5.41, 5.74) is 4.95. The van der Waals surface area contributed by atoms with E-state index in [4.69, 9.17) is 14.5 Å². The largest absolute Gasteiger partial charge is 0.497 e. The van der Waals surface area contributed by atoms with Crippen LogP contribution >= 0.6 is 0 Å². The molecule has 3 aromatic carbocycles. The van der Waals surface area contributed by atoms with E-state index in [0.717, 1.165) is 33.9 Å². The normalized spacial score (nSPS) is 16.5. The SMILES string of the molecule is COc1cccc(N2C[C@H](c3nc4ccccc4n3C[C@H](O)COc3ccc(C)c(C)c3)CC2=O)c1. The van der Waals surface area contributed by atoms with Gasteiger partial charge in [-0.15, -0.1) is 0 Å². The Bertz CT molecular complexity index is 1400. The maximum atomic E-state index is 13.0. The molecule has 2 atom stereocenters. The van der Waals surface area contributed by atoms with Gasteiger partial charge in [0.2, 0.25) is 5.91 Å². The van der Waals surface area contributed by atoms with E-state index < -0.39 is 6.10 Å². The van der Waals surface area contributed by atoms with Crippen LogP contribution in [-0.2, 0) is 11.3 Å². The minimum atomic E-state index is -0.741. The predicted molar refractivity (Wildman–Crippen MR) is 140 cm³/mol. The number of aryl methyl sites for hydroxylation is 2. The van der Waals surface area contributed by atoms with Gasteiger partial charge in [0.05, 0.1) is 24.7 Å². The van der Waals surface area contributed by atoms with Gasteiger partial charge in [0.25, 0.3) is 0 Å². The molecule has 2 heterocycles. The molecular weight excluding hydrogens is 454 g/mol. The van der Waals surface area contributed by atoms with Crippen molar-refractivity contribution < 1.29 is 19.4 Å². The molecule has 0 unspecified atom stereocenters. The van der Waals surface area contributed by atoms with Gasteiger partial charge in [0, 0.05) is 30.6 Å². The zero-order valence-corrected chi connectivity index (χ0v) is 20.8. The molecule has 4 aromatic rings. The lowest BCUT2D eigenvalue weighted by molar-refractivity contribution is -0.117. The number of rotatable bonds is 8. The van der Waals surface area contributed by atoms with Crippen molar-refractivity contribution in [1.29, 1.82) is 0 Å². The lowest BCUT2D eigenvalue weighted by atomic mass is 10.1. The molecule has 7 nitrogen and oxygen atoms in total. The Kier molecular flexibility index (Phi) is 6.65. The number of anilines is 1. The standard InChI is InChI=1S/C29H31N3O4/c1-19-11-12-25(13-20(19)2)36-18-23(33)17-32-27-10-5-4-9-26(27)30-29(32)21-14-28(34)31(16-21)22-7-6-8-24(15-22)35-3/h4-13,15,21,23,33H,14,16-18H2,1-3H3/t21-,23+/m1/s1. The first-order chi connectivity index (χ1) is 17.4. The maximum absolute atomic E-state index is 13.0. The van der Waals surface area contributed by atoms with Crippen LogP contribution in [0.3, 0.4) is 0 Å². The zero-order chi connectivity index (χ0) is 25.2. The van der Waals surface area contributed by atoms with Crippen LogP contribution in [0.15, 0.2) is 66.7 Å². The quantitative estimate of drug-likeness (QED) is 0.394. The Morgan fingerprint density at radius 1 is 1.03 bits per heavy atom. The second-order valence-corrected chi connectivity index (χ2v) is 9.39. The van der Waals surface area contributed by atoms with Crippen LogP contribution in [0.5, 0.6) is 11.5 Å². The Balaban J connectivity index is 1.37. The number of aliphatic hydroxyl groups is 1. The third kappa shape index (κ3) is 4.79. The third-order valence-electron chi connectivity index (χ3n) is 6.85. The van der Waals surface area contributed by atoms with Crippen molar-refractivity contribution in [1.82, 2.24) is 9.55 Å². The van der Waals surface area contributed by atoms with Gasteiger partial charge in [0.1, 0.15) is 30.0 Å². The van der Waals surface area contributed by atoms with Crippen molar-refractivity contribution in [3.8, 4) is 11.5 Å². The molecule has 1 fully saturated rings. The number of fused-ring (bicyclic) bond motifs is 1. The smallest absolute Gasteiger partial charge is 0.227 e. The molecule has 1 aliphatic rings. The molecule has 7 heteroatoms. The molecule has 36 heavy (non-hydrogen) atoms. The minimum Gasteiger partial charge on any atom is -0.497 e. The van der Waals surface area contributed by atoms with E-state index in [2.05, 4.69) is 6.92 Å². The molecule has 1 N–H and O–H groups in total. The number of benzene rings is 3. The molecule has 5 rings (SSSR count). The van der Waals surface area contributed by atoms with Gasteiger partial charge in [0.15, 0.2) is 0 Å². The average Bonchev–Trinajstić information content (AvgIpc) is 3.45. The second kappa shape index (κ2) is 10.0. The first kappa shape index (κ1) is 23.9. The Morgan fingerprint density at radius 3 is 2.67 bits per heavy atom. The van der Waals surface area contributed by atoms with E-state index in [-0.39, 0.29) is 18.4 Å².